The molecular formula is C31H41ClN4O2. The van der Waals surface area contributed by atoms with Crippen molar-refractivity contribution in [3.8, 4) is 0 Å². The summed E-state index contributed by atoms with van der Waals surface area (Å²) in [7, 11) is 0. The minimum atomic E-state index is 0.151. The Morgan fingerprint density at radius 2 is 1.45 bits per heavy atom. The number of anilines is 1. The molecule has 204 valence electrons. The quantitative estimate of drug-likeness (QED) is 0.527. The molecule has 2 amide bonds. The molecule has 1 saturated heterocycles. The first kappa shape index (κ1) is 27.2. The Labute approximate surface area is 232 Å². The fourth-order valence-corrected chi connectivity index (χ4v) is 5.90. The molecule has 0 spiro atoms. The molecule has 1 aliphatic carbocycles. The number of carbonyl (C=O) groups is 2. The third-order valence-electron chi connectivity index (χ3n) is 8.07. The van der Waals surface area contributed by atoms with Crippen molar-refractivity contribution >= 4 is 29.1 Å². The highest BCUT2D eigenvalue weighted by Gasteiger charge is 2.35. The van der Waals surface area contributed by atoms with Crippen molar-refractivity contribution in [3.63, 3.8) is 0 Å². The number of hydrogen-bond acceptors (Lipinski definition) is 4. The third kappa shape index (κ3) is 7.37. The van der Waals surface area contributed by atoms with Gasteiger partial charge < -0.3 is 9.80 Å². The van der Waals surface area contributed by atoms with E-state index in [1.807, 2.05) is 34.1 Å². The van der Waals surface area contributed by atoms with Crippen LogP contribution in [0.25, 0.3) is 0 Å². The molecule has 2 heterocycles. The van der Waals surface area contributed by atoms with Crippen molar-refractivity contribution in [1.29, 1.82) is 0 Å². The summed E-state index contributed by atoms with van der Waals surface area (Å²) < 4.78 is 0. The van der Waals surface area contributed by atoms with Gasteiger partial charge in [0, 0.05) is 55.9 Å². The summed E-state index contributed by atoms with van der Waals surface area (Å²) >= 11 is 6.12. The van der Waals surface area contributed by atoms with Gasteiger partial charge in [-0.2, -0.15) is 0 Å². The zero-order chi connectivity index (χ0) is 26.3. The lowest BCUT2D eigenvalue weighted by atomic mass is 10.1. The van der Waals surface area contributed by atoms with Crippen molar-refractivity contribution < 1.29 is 9.59 Å². The Balaban J connectivity index is 1.37. The fraction of sp³-hybridized carbons (Fsp3) is 0.548. The van der Waals surface area contributed by atoms with Crippen LogP contribution in [0.3, 0.4) is 0 Å². The van der Waals surface area contributed by atoms with Gasteiger partial charge in [0.2, 0.25) is 11.8 Å². The largest absolute Gasteiger partial charge is 0.337 e. The van der Waals surface area contributed by atoms with E-state index in [2.05, 4.69) is 34.1 Å². The number of carbonyl (C=O) groups excluding carboxylic acids is 2. The Hall–Kier alpha value is -2.41. The Morgan fingerprint density at radius 1 is 0.763 bits per heavy atom. The van der Waals surface area contributed by atoms with Crippen molar-refractivity contribution in [2.24, 2.45) is 5.92 Å². The number of benzene rings is 2. The number of nitrogens with zero attached hydrogens (tertiary/aromatic N) is 4. The van der Waals surface area contributed by atoms with Gasteiger partial charge in [-0.1, -0.05) is 48.4 Å². The zero-order valence-electron chi connectivity index (χ0n) is 22.5. The van der Waals surface area contributed by atoms with Crippen LogP contribution in [0.2, 0.25) is 5.02 Å². The molecule has 2 aromatic carbocycles. The fourth-order valence-electron chi connectivity index (χ4n) is 5.77. The molecule has 0 atom stereocenters. The summed E-state index contributed by atoms with van der Waals surface area (Å²) in [6, 6.07) is 16.3. The SMILES string of the molecule is O=C(CN1CCCCC1)N1CCCN(Cc2ccc(Cl)cc2)CCCN(C(=O)C2CC2)c2ccccc2C1. The monoisotopic (exact) mass is 536 g/mol. The van der Waals surface area contributed by atoms with Gasteiger partial charge in [0.25, 0.3) is 0 Å². The molecule has 0 unspecified atom stereocenters. The number of para-hydroxylation sites is 1. The lowest BCUT2D eigenvalue weighted by Crippen LogP contribution is -2.43. The van der Waals surface area contributed by atoms with Crippen LogP contribution in [0.4, 0.5) is 5.69 Å². The molecule has 1 saturated carbocycles. The number of halogens is 1. The van der Waals surface area contributed by atoms with Gasteiger partial charge in [-0.15, -0.1) is 0 Å². The topological polar surface area (TPSA) is 47.1 Å². The summed E-state index contributed by atoms with van der Waals surface area (Å²) in [6.07, 6.45) is 7.42. The zero-order valence-corrected chi connectivity index (χ0v) is 23.2. The van der Waals surface area contributed by atoms with E-state index in [1.165, 1.54) is 24.8 Å². The van der Waals surface area contributed by atoms with E-state index in [9.17, 15) is 9.59 Å². The van der Waals surface area contributed by atoms with Gasteiger partial charge in [-0.3, -0.25) is 19.4 Å². The van der Waals surface area contributed by atoms with Crippen LogP contribution < -0.4 is 4.90 Å². The molecule has 0 bridgehead atoms. The lowest BCUT2D eigenvalue weighted by Gasteiger charge is -2.33. The van der Waals surface area contributed by atoms with E-state index in [4.69, 9.17) is 11.6 Å². The molecule has 2 aromatic rings. The highest BCUT2D eigenvalue weighted by Crippen LogP contribution is 2.34. The molecule has 6 nitrogen and oxygen atoms in total. The second-order valence-corrected chi connectivity index (χ2v) is 11.6. The van der Waals surface area contributed by atoms with E-state index < -0.39 is 0 Å². The van der Waals surface area contributed by atoms with Gasteiger partial charge in [0.05, 0.1) is 6.54 Å². The lowest BCUT2D eigenvalue weighted by molar-refractivity contribution is -0.133. The number of amides is 2. The summed E-state index contributed by atoms with van der Waals surface area (Å²) in [5.74, 6) is 0.589. The van der Waals surface area contributed by atoms with Crippen LogP contribution in [0.15, 0.2) is 48.5 Å². The molecule has 5 rings (SSSR count). The maximum atomic E-state index is 13.6. The Morgan fingerprint density at radius 3 is 2.18 bits per heavy atom. The van der Waals surface area contributed by atoms with Crippen molar-refractivity contribution in [3.05, 3.63) is 64.7 Å². The number of hydrogen-bond donors (Lipinski definition) is 0. The van der Waals surface area contributed by atoms with Crippen LogP contribution in [0.5, 0.6) is 0 Å². The Bertz CT molecular complexity index is 1080. The van der Waals surface area contributed by atoms with Crippen LogP contribution in [0.1, 0.15) is 56.1 Å². The van der Waals surface area contributed by atoms with E-state index in [0.29, 0.717) is 26.2 Å². The van der Waals surface area contributed by atoms with Gasteiger partial charge in [0.1, 0.15) is 0 Å². The standard InChI is InChI=1S/C31H41ClN4O2/c32-28-14-10-25(11-15-28)22-33-18-6-20-35(30(37)24-34-16-4-1-5-17-34)23-27-8-2-3-9-29(27)36(21-7-19-33)31(38)26-12-13-26/h2-3,8-11,14-15,26H,1,4-7,12-13,16-24H2. The number of likely N-dealkylation sites (tertiary alicyclic amines) is 1. The van der Waals surface area contributed by atoms with Gasteiger partial charge in [-0.25, -0.2) is 0 Å². The van der Waals surface area contributed by atoms with Crippen LogP contribution in [-0.2, 0) is 22.7 Å². The molecule has 0 aromatic heterocycles. The molecule has 7 heteroatoms. The predicted octanol–water partition coefficient (Wildman–Crippen LogP) is 5.19. The molecule has 38 heavy (non-hydrogen) atoms. The average Bonchev–Trinajstić information content (AvgIpc) is 3.77. The maximum Gasteiger partial charge on any atom is 0.237 e. The minimum absolute atomic E-state index is 0.151. The maximum absolute atomic E-state index is 13.6. The number of fused-ring (bicyclic) bond motifs is 1. The highest BCUT2D eigenvalue weighted by atomic mass is 35.5. The molecule has 0 radical (unpaired) electrons. The van der Waals surface area contributed by atoms with E-state index in [1.54, 1.807) is 0 Å². The molecule has 2 aliphatic heterocycles. The number of piperidine rings is 1. The van der Waals surface area contributed by atoms with E-state index in [-0.39, 0.29) is 17.7 Å². The Kier molecular flexibility index (Phi) is 9.36. The molecule has 3 aliphatic rings. The normalized spacial score (nSPS) is 20.3. The molecular weight excluding hydrogens is 496 g/mol. The summed E-state index contributed by atoms with van der Waals surface area (Å²) in [4.78, 5) is 35.9. The first-order valence-electron chi connectivity index (χ1n) is 14.4. The first-order valence-corrected chi connectivity index (χ1v) is 14.8. The van der Waals surface area contributed by atoms with Gasteiger partial charge >= 0.3 is 0 Å². The van der Waals surface area contributed by atoms with Crippen molar-refractivity contribution in [2.75, 3.05) is 50.7 Å². The second kappa shape index (κ2) is 13.1. The average molecular weight is 537 g/mol. The summed E-state index contributed by atoms with van der Waals surface area (Å²) in [6.45, 7) is 7.13. The van der Waals surface area contributed by atoms with E-state index in [0.717, 1.165) is 74.7 Å². The van der Waals surface area contributed by atoms with Crippen LogP contribution in [0, 0.1) is 5.92 Å². The first-order chi connectivity index (χ1) is 18.6. The van der Waals surface area contributed by atoms with Gasteiger partial charge in [0.15, 0.2) is 0 Å². The summed E-state index contributed by atoms with van der Waals surface area (Å²) in [5, 5.41) is 0.748. The van der Waals surface area contributed by atoms with Crippen molar-refractivity contribution in [2.45, 2.75) is 58.0 Å². The van der Waals surface area contributed by atoms with Crippen molar-refractivity contribution in [1.82, 2.24) is 14.7 Å². The highest BCUT2D eigenvalue weighted by molar-refractivity contribution is 6.30. The molecule has 2 fully saturated rings. The minimum Gasteiger partial charge on any atom is -0.337 e. The van der Waals surface area contributed by atoms with E-state index >= 15 is 0 Å². The molecule has 0 N–H and O–H groups in total. The third-order valence-corrected chi connectivity index (χ3v) is 8.33. The second-order valence-electron chi connectivity index (χ2n) is 11.2. The smallest absolute Gasteiger partial charge is 0.237 e. The summed E-state index contributed by atoms with van der Waals surface area (Å²) in [5.41, 5.74) is 3.29. The van der Waals surface area contributed by atoms with Gasteiger partial charge in [-0.05, 0) is 80.9 Å². The van der Waals surface area contributed by atoms with Crippen LogP contribution in [-0.4, -0.2) is 72.3 Å². The predicted molar refractivity (Wildman–Crippen MR) is 153 cm³/mol. The van der Waals surface area contributed by atoms with Crippen LogP contribution >= 0.6 is 11.6 Å². The number of rotatable bonds is 5.